The molecule has 4 aromatic rings. The third-order valence-corrected chi connectivity index (χ3v) is 6.40. The minimum Gasteiger partial charge on any atom is -0.494 e. The largest absolute Gasteiger partial charge is 0.494 e. The molecule has 3 heterocycles. The van der Waals surface area contributed by atoms with Crippen LogP contribution in [-0.4, -0.2) is 37.2 Å². The van der Waals surface area contributed by atoms with E-state index in [2.05, 4.69) is 25.6 Å². The molecule has 1 amide bonds. The van der Waals surface area contributed by atoms with Crippen molar-refractivity contribution in [3.8, 4) is 17.3 Å². The smallest absolute Gasteiger partial charge is 0.249 e. The van der Waals surface area contributed by atoms with E-state index in [1.54, 1.807) is 55.2 Å². The first-order valence-electron chi connectivity index (χ1n) is 13.0. The zero-order valence-electron chi connectivity index (χ0n) is 22.4. The van der Waals surface area contributed by atoms with Gasteiger partial charge in [-0.15, -0.1) is 0 Å². The van der Waals surface area contributed by atoms with Crippen LogP contribution in [0.1, 0.15) is 49.4 Å². The van der Waals surface area contributed by atoms with Gasteiger partial charge >= 0.3 is 0 Å². The number of amides is 1. The second-order valence-corrected chi connectivity index (χ2v) is 9.40. The van der Waals surface area contributed by atoms with Gasteiger partial charge in [-0.3, -0.25) is 14.5 Å². The Morgan fingerprint density at radius 2 is 1.82 bits per heavy atom. The van der Waals surface area contributed by atoms with Gasteiger partial charge in [0.15, 0.2) is 5.82 Å². The number of allylic oxidation sites excluding steroid dienone is 1. The van der Waals surface area contributed by atoms with Crippen LogP contribution in [0.4, 0.5) is 26.1 Å². The Kier molecular flexibility index (Phi) is 7.81. The highest BCUT2D eigenvalue weighted by molar-refractivity contribution is 5.98. The van der Waals surface area contributed by atoms with Crippen molar-refractivity contribution >= 4 is 23.2 Å². The van der Waals surface area contributed by atoms with Crippen LogP contribution < -0.4 is 15.4 Å². The third kappa shape index (κ3) is 5.98. The molecule has 1 saturated carbocycles. The topological polar surface area (TPSA) is 107 Å². The molecule has 3 aromatic heterocycles. The number of pyridine rings is 1. The fraction of sp³-hybridized carbons (Fsp3) is 0.276. The summed E-state index contributed by atoms with van der Waals surface area (Å²) in [5, 5.41) is 10.7. The summed E-state index contributed by atoms with van der Waals surface area (Å²) >= 11 is 0. The van der Waals surface area contributed by atoms with E-state index in [4.69, 9.17) is 9.84 Å². The predicted molar refractivity (Wildman–Crippen MR) is 148 cm³/mol. The molecule has 5 rings (SSSR count). The average molecular weight is 546 g/mol. The maximum atomic E-state index is 15.0. The minimum atomic E-state index is -0.700. The summed E-state index contributed by atoms with van der Waals surface area (Å²) in [5.74, 6) is -0.414. The van der Waals surface area contributed by atoms with Crippen molar-refractivity contribution in [1.29, 1.82) is 0 Å². The van der Waals surface area contributed by atoms with E-state index in [-0.39, 0.29) is 41.3 Å². The molecule has 1 fully saturated rings. The summed E-state index contributed by atoms with van der Waals surface area (Å²) in [7, 11) is 0. The normalized spacial score (nSPS) is 13.0. The van der Waals surface area contributed by atoms with E-state index >= 15 is 0 Å². The van der Waals surface area contributed by atoms with Crippen LogP contribution in [0, 0.1) is 18.6 Å². The van der Waals surface area contributed by atoms with Gasteiger partial charge < -0.3 is 15.4 Å². The van der Waals surface area contributed by atoms with Crippen molar-refractivity contribution in [2.24, 2.45) is 0 Å². The number of benzene rings is 1. The van der Waals surface area contributed by atoms with Crippen molar-refractivity contribution in [3.63, 3.8) is 0 Å². The number of anilines is 3. The molecular formula is C29H29F2N7O2. The van der Waals surface area contributed by atoms with Gasteiger partial charge in [-0.2, -0.15) is 5.10 Å². The molecule has 206 valence electrons. The molecule has 11 heteroatoms. The summed E-state index contributed by atoms with van der Waals surface area (Å²) in [6.45, 7) is 5.60. The third-order valence-electron chi connectivity index (χ3n) is 6.40. The lowest BCUT2D eigenvalue weighted by Gasteiger charge is -2.11. The van der Waals surface area contributed by atoms with Crippen molar-refractivity contribution in [2.45, 2.75) is 46.1 Å². The molecule has 0 saturated heterocycles. The summed E-state index contributed by atoms with van der Waals surface area (Å²) in [6, 6.07) is 7.56. The monoisotopic (exact) mass is 545 g/mol. The lowest BCUT2D eigenvalue weighted by atomic mass is 10.1. The van der Waals surface area contributed by atoms with E-state index in [0.29, 0.717) is 18.1 Å². The second kappa shape index (κ2) is 11.6. The van der Waals surface area contributed by atoms with Crippen molar-refractivity contribution in [3.05, 3.63) is 83.3 Å². The molecule has 0 spiro atoms. The van der Waals surface area contributed by atoms with Crippen LogP contribution in [0.5, 0.6) is 5.75 Å². The molecule has 1 aromatic carbocycles. The molecular weight excluding hydrogens is 516 g/mol. The van der Waals surface area contributed by atoms with Gasteiger partial charge in [-0.25, -0.2) is 18.7 Å². The fourth-order valence-corrected chi connectivity index (χ4v) is 4.49. The van der Waals surface area contributed by atoms with E-state index in [1.807, 2.05) is 6.92 Å². The molecule has 0 aliphatic heterocycles. The number of halogens is 2. The van der Waals surface area contributed by atoms with Crippen LogP contribution in [0.2, 0.25) is 0 Å². The van der Waals surface area contributed by atoms with Gasteiger partial charge in [0, 0.05) is 59.0 Å². The molecule has 1 aliphatic rings. The summed E-state index contributed by atoms with van der Waals surface area (Å²) in [6.07, 6.45) is 8.21. The number of carbonyl (C=O) groups excluding carboxylic acids is 1. The number of hydrogen-bond acceptors (Lipinski definition) is 7. The highest BCUT2D eigenvalue weighted by atomic mass is 19.1. The Morgan fingerprint density at radius 3 is 2.48 bits per heavy atom. The first-order chi connectivity index (χ1) is 19.4. The number of nitrogens with one attached hydrogen (secondary N) is 2. The van der Waals surface area contributed by atoms with Gasteiger partial charge in [-0.1, -0.05) is 6.08 Å². The number of aromatic nitrogens is 5. The van der Waals surface area contributed by atoms with Gasteiger partial charge in [0.05, 0.1) is 13.2 Å². The molecule has 2 N–H and O–H groups in total. The first-order valence-corrected chi connectivity index (χ1v) is 13.0. The SMILES string of the molecule is C/C=C\C(=O)Nc1cc(Nc2ccncc2)nc(-c2nn(Cc3c(F)cc(OCC)cc3F)c(C3CC3)c2C)n1. The maximum Gasteiger partial charge on any atom is 0.249 e. The van der Waals surface area contributed by atoms with E-state index in [9.17, 15) is 13.6 Å². The number of carbonyl (C=O) groups is 1. The van der Waals surface area contributed by atoms with Crippen molar-refractivity contribution in [1.82, 2.24) is 24.7 Å². The maximum absolute atomic E-state index is 15.0. The minimum absolute atomic E-state index is 0.101. The number of nitrogens with zero attached hydrogens (tertiary/aromatic N) is 5. The second-order valence-electron chi connectivity index (χ2n) is 9.40. The van der Waals surface area contributed by atoms with Crippen molar-refractivity contribution in [2.75, 3.05) is 17.2 Å². The zero-order chi connectivity index (χ0) is 28.2. The van der Waals surface area contributed by atoms with Crippen LogP contribution in [0.25, 0.3) is 11.5 Å². The van der Waals surface area contributed by atoms with Crippen molar-refractivity contribution < 1.29 is 18.3 Å². The Bertz CT molecular complexity index is 1540. The molecule has 40 heavy (non-hydrogen) atoms. The Labute approximate surface area is 230 Å². The Hall–Kier alpha value is -4.67. The number of rotatable bonds is 10. The van der Waals surface area contributed by atoms with E-state index in [1.165, 1.54) is 18.2 Å². The lowest BCUT2D eigenvalue weighted by Crippen LogP contribution is -2.11. The van der Waals surface area contributed by atoms with Crippen LogP contribution in [-0.2, 0) is 11.3 Å². The predicted octanol–water partition coefficient (Wildman–Crippen LogP) is 5.90. The number of ether oxygens (including phenoxy) is 1. The molecule has 9 nitrogen and oxygen atoms in total. The van der Waals surface area contributed by atoms with E-state index < -0.39 is 11.6 Å². The van der Waals surface area contributed by atoms with Crippen LogP contribution in [0.3, 0.4) is 0 Å². The lowest BCUT2D eigenvalue weighted by molar-refractivity contribution is -0.111. The van der Waals surface area contributed by atoms with Gasteiger partial charge in [0.25, 0.3) is 0 Å². The molecule has 0 atom stereocenters. The van der Waals surface area contributed by atoms with Crippen LogP contribution >= 0.6 is 0 Å². The summed E-state index contributed by atoms with van der Waals surface area (Å²) in [4.78, 5) is 25.6. The number of hydrogen-bond donors (Lipinski definition) is 2. The van der Waals surface area contributed by atoms with Crippen LogP contribution in [0.15, 0.2) is 54.9 Å². The summed E-state index contributed by atoms with van der Waals surface area (Å²) in [5.41, 5.74) is 2.81. The zero-order valence-corrected chi connectivity index (χ0v) is 22.4. The molecule has 1 aliphatic carbocycles. The standard InChI is InChI=1S/C29H29F2N7O2/c1-4-6-26(39)34-25-15-24(33-19-9-11-32-12-10-19)35-29(36-25)27-17(3)28(18-7-8-18)38(37-27)16-21-22(30)13-20(40-5-2)14-23(21)31/h4,6,9-15,18H,5,7-8,16H2,1-3H3,(H2,32,33,34,35,36,39)/b6-4-. The van der Waals surface area contributed by atoms with Gasteiger partial charge in [0.1, 0.15) is 34.7 Å². The highest BCUT2D eigenvalue weighted by Gasteiger charge is 2.32. The molecule has 0 unspecified atom stereocenters. The highest BCUT2D eigenvalue weighted by Crippen LogP contribution is 2.44. The Balaban J connectivity index is 1.56. The van der Waals surface area contributed by atoms with Gasteiger partial charge in [-0.05, 0) is 51.8 Å². The average Bonchev–Trinajstić information content (AvgIpc) is 3.69. The summed E-state index contributed by atoms with van der Waals surface area (Å²) < 4.78 is 36.8. The van der Waals surface area contributed by atoms with Gasteiger partial charge in [0.2, 0.25) is 5.91 Å². The first kappa shape index (κ1) is 26.9. The molecule has 0 bridgehead atoms. The van der Waals surface area contributed by atoms with E-state index in [0.717, 1.165) is 29.8 Å². The Morgan fingerprint density at radius 1 is 1.12 bits per heavy atom. The fourth-order valence-electron chi connectivity index (χ4n) is 4.49. The molecule has 0 radical (unpaired) electrons. The quantitative estimate of drug-likeness (QED) is 0.239.